The lowest BCUT2D eigenvalue weighted by Gasteiger charge is -2.04. The molecule has 0 aliphatic rings. The standard InChI is InChI=1S/C11H15N3O2S/c1-8(15)13-9-2-4-10(5-3-9)17-7-6-11(16)14-12/h2-5H,6-7,12H2,1H3,(H,13,15)(H,14,16). The molecule has 0 fully saturated rings. The average molecular weight is 253 g/mol. The van der Waals surface area contributed by atoms with Crippen molar-refractivity contribution in [3.8, 4) is 0 Å². The second-order valence-electron chi connectivity index (χ2n) is 3.37. The third kappa shape index (κ3) is 5.37. The van der Waals surface area contributed by atoms with E-state index in [0.717, 1.165) is 10.6 Å². The fourth-order valence-corrected chi connectivity index (χ4v) is 2.02. The average Bonchev–Trinajstić information content (AvgIpc) is 2.30. The van der Waals surface area contributed by atoms with Gasteiger partial charge in [-0.2, -0.15) is 0 Å². The van der Waals surface area contributed by atoms with Crippen LogP contribution >= 0.6 is 11.8 Å². The van der Waals surface area contributed by atoms with Crippen LogP contribution in [0.2, 0.25) is 0 Å². The number of hydrogen-bond donors (Lipinski definition) is 3. The zero-order valence-electron chi connectivity index (χ0n) is 9.53. The van der Waals surface area contributed by atoms with Crippen LogP contribution in [0.15, 0.2) is 29.2 Å². The summed E-state index contributed by atoms with van der Waals surface area (Å²) in [7, 11) is 0. The Kier molecular flexibility index (Phi) is 5.51. The topological polar surface area (TPSA) is 84.2 Å². The maximum absolute atomic E-state index is 10.9. The second kappa shape index (κ2) is 6.93. The summed E-state index contributed by atoms with van der Waals surface area (Å²) < 4.78 is 0. The summed E-state index contributed by atoms with van der Waals surface area (Å²) >= 11 is 1.56. The Morgan fingerprint density at radius 2 is 1.94 bits per heavy atom. The Morgan fingerprint density at radius 1 is 1.29 bits per heavy atom. The Hall–Kier alpha value is -1.53. The van der Waals surface area contributed by atoms with Gasteiger partial charge in [-0.25, -0.2) is 5.84 Å². The maximum atomic E-state index is 10.9. The Morgan fingerprint density at radius 3 is 2.47 bits per heavy atom. The summed E-state index contributed by atoms with van der Waals surface area (Å²) in [5.41, 5.74) is 2.85. The van der Waals surface area contributed by atoms with Crippen LogP contribution in [0.4, 0.5) is 5.69 Å². The number of anilines is 1. The number of carbonyl (C=O) groups is 2. The summed E-state index contributed by atoms with van der Waals surface area (Å²) in [5, 5.41) is 2.69. The van der Waals surface area contributed by atoms with E-state index in [4.69, 9.17) is 5.84 Å². The molecule has 0 bridgehead atoms. The molecule has 0 spiro atoms. The van der Waals surface area contributed by atoms with Gasteiger partial charge in [-0.3, -0.25) is 15.0 Å². The fraction of sp³-hybridized carbons (Fsp3) is 0.273. The highest BCUT2D eigenvalue weighted by molar-refractivity contribution is 7.99. The van der Waals surface area contributed by atoms with E-state index in [1.807, 2.05) is 24.3 Å². The van der Waals surface area contributed by atoms with Gasteiger partial charge in [0.1, 0.15) is 0 Å². The molecule has 0 aliphatic heterocycles. The van der Waals surface area contributed by atoms with Gasteiger partial charge < -0.3 is 5.32 Å². The van der Waals surface area contributed by atoms with Crippen LogP contribution in [0.3, 0.4) is 0 Å². The normalized spacial score (nSPS) is 9.76. The molecule has 0 radical (unpaired) electrons. The number of benzene rings is 1. The van der Waals surface area contributed by atoms with Gasteiger partial charge >= 0.3 is 0 Å². The summed E-state index contributed by atoms with van der Waals surface area (Å²) in [4.78, 5) is 22.7. The largest absolute Gasteiger partial charge is 0.326 e. The number of carbonyl (C=O) groups excluding carboxylic acids is 2. The third-order valence-electron chi connectivity index (χ3n) is 1.93. The fourth-order valence-electron chi connectivity index (χ4n) is 1.17. The zero-order chi connectivity index (χ0) is 12.7. The predicted octanol–water partition coefficient (Wildman–Crippen LogP) is 1.12. The number of nitrogens with one attached hydrogen (secondary N) is 2. The number of amides is 2. The van der Waals surface area contributed by atoms with E-state index in [1.165, 1.54) is 6.92 Å². The molecule has 5 nitrogen and oxygen atoms in total. The van der Waals surface area contributed by atoms with Crippen molar-refractivity contribution in [2.45, 2.75) is 18.2 Å². The molecule has 4 N–H and O–H groups in total. The van der Waals surface area contributed by atoms with Gasteiger partial charge in [0.15, 0.2) is 0 Å². The maximum Gasteiger partial charge on any atom is 0.234 e. The van der Waals surface area contributed by atoms with Gasteiger partial charge in [-0.05, 0) is 24.3 Å². The van der Waals surface area contributed by atoms with Crippen molar-refractivity contribution in [3.05, 3.63) is 24.3 Å². The first kappa shape index (κ1) is 13.5. The molecule has 0 unspecified atom stereocenters. The first-order valence-electron chi connectivity index (χ1n) is 5.11. The van der Waals surface area contributed by atoms with E-state index in [-0.39, 0.29) is 11.8 Å². The third-order valence-corrected chi connectivity index (χ3v) is 2.95. The lowest BCUT2D eigenvalue weighted by atomic mass is 10.3. The van der Waals surface area contributed by atoms with E-state index in [2.05, 4.69) is 10.7 Å². The molecule has 0 heterocycles. The van der Waals surface area contributed by atoms with Crippen LogP contribution in [0, 0.1) is 0 Å². The lowest BCUT2D eigenvalue weighted by molar-refractivity contribution is -0.120. The molecule has 1 aromatic carbocycles. The number of thioether (sulfide) groups is 1. The first-order valence-corrected chi connectivity index (χ1v) is 6.10. The molecule has 1 rings (SSSR count). The highest BCUT2D eigenvalue weighted by Crippen LogP contribution is 2.20. The van der Waals surface area contributed by atoms with Crippen molar-refractivity contribution in [2.75, 3.05) is 11.1 Å². The monoisotopic (exact) mass is 253 g/mol. The number of nitrogens with two attached hydrogens (primary N) is 1. The van der Waals surface area contributed by atoms with Gasteiger partial charge in [0, 0.05) is 29.7 Å². The van der Waals surface area contributed by atoms with Crippen molar-refractivity contribution in [1.29, 1.82) is 0 Å². The molecular formula is C11H15N3O2S. The van der Waals surface area contributed by atoms with E-state index >= 15 is 0 Å². The molecule has 92 valence electrons. The summed E-state index contributed by atoms with van der Waals surface area (Å²) in [6, 6.07) is 7.45. The van der Waals surface area contributed by atoms with Crippen molar-refractivity contribution < 1.29 is 9.59 Å². The SMILES string of the molecule is CC(=O)Nc1ccc(SCCC(=O)NN)cc1. The number of hydrogen-bond acceptors (Lipinski definition) is 4. The Bertz CT molecular complexity index is 392. The molecule has 1 aromatic rings. The van der Waals surface area contributed by atoms with Crippen LogP contribution in [-0.2, 0) is 9.59 Å². The summed E-state index contributed by atoms with van der Waals surface area (Å²) in [6.07, 6.45) is 0.384. The Labute approximate surface area is 104 Å². The first-order chi connectivity index (χ1) is 8.11. The van der Waals surface area contributed by atoms with Gasteiger partial charge in [-0.15, -0.1) is 11.8 Å². The van der Waals surface area contributed by atoms with Crippen molar-refractivity contribution in [1.82, 2.24) is 5.43 Å². The minimum Gasteiger partial charge on any atom is -0.326 e. The van der Waals surface area contributed by atoms with Crippen LogP contribution in [-0.4, -0.2) is 17.6 Å². The van der Waals surface area contributed by atoms with Gasteiger partial charge in [0.2, 0.25) is 11.8 Å². The minimum atomic E-state index is -0.174. The smallest absolute Gasteiger partial charge is 0.234 e. The van der Waals surface area contributed by atoms with Crippen molar-refractivity contribution in [3.63, 3.8) is 0 Å². The molecule has 2 amide bonds. The van der Waals surface area contributed by atoms with E-state index < -0.39 is 0 Å². The molecule has 0 aliphatic carbocycles. The summed E-state index contributed by atoms with van der Waals surface area (Å²) in [5.74, 6) is 5.37. The highest BCUT2D eigenvalue weighted by Gasteiger charge is 2.00. The van der Waals surface area contributed by atoms with Crippen LogP contribution in [0.5, 0.6) is 0 Å². The van der Waals surface area contributed by atoms with Crippen molar-refractivity contribution >= 4 is 29.3 Å². The molecule has 0 atom stereocenters. The molecular weight excluding hydrogens is 238 g/mol. The van der Waals surface area contributed by atoms with Gasteiger partial charge in [-0.1, -0.05) is 0 Å². The van der Waals surface area contributed by atoms with Gasteiger partial charge in [0.05, 0.1) is 0 Å². The van der Waals surface area contributed by atoms with Crippen LogP contribution in [0.1, 0.15) is 13.3 Å². The lowest BCUT2D eigenvalue weighted by Crippen LogP contribution is -2.30. The Balaban J connectivity index is 2.40. The molecule has 6 heteroatoms. The quantitative estimate of drug-likeness (QED) is 0.318. The number of hydrazine groups is 1. The molecule has 0 aromatic heterocycles. The van der Waals surface area contributed by atoms with E-state index in [0.29, 0.717) is 12.2 Å². The van der Waals surface area contributed by atoms with Crippen molar-refractivity contribution in [2.24, 2.45) is 5.84 Å². The van der Waals surface area contributed by atoms with E-state index in [1.54, 1.807) is 11.8 Å². The van der Waals surface area contributed by atoms with Crippen LogP contribution < -0.4 is 16.6 Å². The van der Waals surface area contributed by atoms with E-state index in [9.17, 15) is 9.59 Å². The molecule has 0 saturated heterocycles. The zero-order valence-corrected chi connectivity index (χ0v) is 10.3. The molecule has 17 heavy (non-hydrogen) atoms. The summed E-state index contributed by atoms with van der Waals surface area (Å²) in [6.45, 7) is 1.47. The van der Waals surface area contributed by atoms with Crippen LogP contribution in [0.25, 0.3) is 0 Å². The second-order valence-corrected chi connectivity index (χ2v) is 4.54. The molecule has 0 saturated carbocycles. The predicted molar refractivity (Wildman–Crippen MR) is 68.4 cm³/mol. The highest BCUT2D eigenvalue weighted by atomic mass is 32.2. The number of rotatable bonds is 5. The van der Waals surface area contributed by atoms with Gasteiger partial charge in [0.25, 0.3) is 0 Å². The minimum absolute atomic E-state index is 0.0926.